The highest BCUT2D eigenvalue weighted by Gasteiger charge is 2.46. The second-order valence-electron chi connectivity index (χ2n) is 4.78. The second kappa shape index (κ2) is 6.98. The van der Waals surface area contributed by atoms with Gasteiger partial charge in [0.2, 0.25) is 11.4 Å². The average Bonchev–Trinajstić information content (AvgIpc) is 2.49. The third kappa shape index (κ3) is 3.21. The van der Waals surface area contributed by atoms with Crippen LogP contribution in [0.4, 0.5) is 4.79 Å². The van der Waals surface area contributed by atoms with Crippen LogP contribution < -0.4 is 5.32 Å². The number of carbonyl (C=O) groups is 2. The van der Waals surface area contributed by atoms with E-state index in [0.717, 1.165) is 0 Å². The van der Waals surface area contributed by atoms with Gasteiger partial charge in [0.15, 0.2) is 0 Å². The van der Waals surface area contributed by atoms with E-state index in [1.165, 1.54) is 13.2 Å². The molecule has 0 saturated heterocycles. The van der Waals surface area contributed by atoms with Gasteiger partial charge in [-0.2, -0.15) is 0 Å². The van der Waals surface area contributed by atoms with Crippen molar-refractivity contribution in [1.82, 2.24) is 5.32 Å². The number of amides is 1. The van der Waals surface area contributed by atoms with Crippen LogP contribution in [0.5, 0.6) is 0 Å². The summed E-state index contributed by atoms with van der Waals surface area (Å²) in [7, 11) is 1.48. The third-order valence-corrected chi connectivity index (χ3v) is 3.33. The maximum Gasteiger partial charge on any atom is 0.409 e. The molecule has 2 atom stereocenters. The number of allylic oxidation sites excluding steroid dienone is 3. The fraction of sp³-hybridized carbons (Fsp3) is 0.412. The lowest BCUT2D eigenvalue weighted by Crippen LogP contribution is -2.48. The van der Waals surface area contributed by atoms with Gasteiger partial charge in [0.25, 0.3) is 0 Å². The number of Topliss-reactive ketones (excluding diaryl/α,β-unsaturated/α-hetero) is 1. The largest absolute Gasteiger partial charge is 0.422 e. The highest BCUT2D eigenvalue weighted by Crippen LogP contribution is 2.30. The van der Waals surface area contributed by atoms with E-state index in [9.17, 15) is 9.59 Å². The summed E-state index contributed by atoms with van der Waals surface area (Å²) < 4.78 is 10.7. The van der Waals surface area contributed by atoms with Crippen molar-refractivity contribution in [2.75, 3.05) is 13.7 Å². The Kier molecular flexibility index (Phi) is 5.04. The van der Waals surface area contributed by atoms with Gasteiger partial charge < -0.3 is 14.8 Å². The van der Waals surface area contributed by atoms with E-state index in [1.54, 1.807) is 19.1 Å². The van der Waals surface area contributed by atoms with E-state index in [1.807, 2.05) is 0 Å². The van der Waals surface area contributed by atoms with Gasteiger partial charge in [0.05, 0.1) is 0 Å². The molecular formula is C17H17NO4. The van der Waals surface area contributed by atoms with Gasteiger partial charge in [0, 0.05) is 25.6 Å². The Bertz CT molecular complexity index is 654. The molecule has 114 valence electrons. The first-order chi connectivity index (χ1) is 10.6. The summed E-state index contributed by atoms with van der Waals surface area (Å²) in [6.07, 6.45) is 4.43. The fourth-order valence-electron chi connectivity index (χ4n) is 2.31. The molecular weight excluding hydrogens is 282 g/mol. The molecule has 0 aliphatic heterocycles. The van der Waals surface area contributed by atoms with Crippen LogP contribution in [-0.4, -0.2) is 37.2 Å². The quantitative estimate of drug-likeness (QED) is 0.799. The van der Waals surface area contributed by atoms with Crippen molar-refractivity contribution in [1.29, 1.82) is 0 Å². The molecule has 0 fully saturated rings. The number of nitrogens with one attached hydrogen (secondary N) is 1. The van der Waals surface area contributed by atoms with Crippen molar-refractivity contribution in [2.24, 2.45) is 0 Å². The average molecular weight is 299 g/mol. The monoisotopic (exact) mass is 299 g/mol. The second-order valence-corrected chi connectivity index (χ2v) is 4.78. The molecule has 22 heavy (non-hydrogen) atoms. The van der Waals surface area contributed by atoms with Gasteiger partial charge in [-0.15, -0.1) is 0 Å². The lowest BCUT2D eigenvalue weighted by Gasteiger charge is -2.32. The van der Waals surface area contributed by atoms with E-state index in [-0.39, 0.29) is 5.78 Å². The number of ether oxygens (including phenoxy) is 2. The SMILES string of the molecule is CCNC(=O)O[C@@]12C#C/C=C\C#C[C@H](OC)C(=CCC1)C2=O. The van der Waals surface area contributed by atoms with Crippen LogP contribution in [0.15, 0.2) is 23.8 Å². The van der Waals surface area contributed by atoms with Gasteiger partial charge in [-0.05, 0) is 31.4 Å². The van der Waals surface area contributed by atoms with Crippen LogP contribution in [-0.2, 0) is 14.3 Å². The molecule has 2 bridgehead atoms. The molecule has 0 spiro atoms. The van der Waals surface area contributed by atoms with Crippen LogP contribution >= 0.6 is 0 Å². The van der Waals surface area contributed by atoms with Crippen molar-refractivity contribution in [3.05, 3.63) is 23.8 Å². The third-order valence-electron chi connectivity index (χ3n) is 3.33. The number of rotatable bonds is 3. The molecule has 2 rings (SSSR count). The van der Waals surface area contributed by atoms with Gasteiger partial charge in [-0.3, -0.25) is 4.79 Å². The summed E-state index contributed by atoms with van der Waals surface area (Å²) in [5.41, 5.74) is -1.10. The topological polar surface area (TPSA) is 64.6 Å². The van der Waals surface area contributed by atoms with Crippen LogP contribution in [0.25, 0.3) is 0 Å². The Hall–Kier alpha value is -2.50. The predicted octanol–water partition coefficient (Wildman–Crippen LogP) is 1.35. The molecule has 5 heteroatoms. The maximum absolute atomic E-state index is 12.8. The number of carbonyl (C=O) groups excluding carboxylic acids is 2. The zero-order valence-electron chi connectivity index (χ0n) is 12.6. The maximum atomic E-state index is 12.8. The van der Waals surface area contributed by atoms with Crippen molar-refractivity contribution >= 4 is 11.9 Å². The number of hydrogen-bond acceptors (Lipinski definition) is 4. The Morgan fingerprint density at radius 3 is 2.95 bits per heavy atom. The van der Waals surface area contributed by atoms with Crippen LogP contribution in [0.3, 0.4) is 0 Å². The lowest BCUT2D eigenvalue weighted by atomic mass is 9.81. The molecule has 0 heterocycles. The van der Waals surface area contributed by atoms with Crippen LogP contribution in [0.1, 0.15) is 19.8 Å². The van der Waals surface area contributed by atoms with Crippen LogP contribution in [0.2, 0.25) is 0 Å². The summed E-state index contributed by atoms with van der Waals surface area (Å²) in [6, 6.07) is 0. The number of ketones is 1. The summed E-state index contributed by atoms with van der Waals surface area (Å²) in [5.74, 6) is 10.8. The zero-order chi connectivity index (χ0) is 16.0. The molecule has 2 aliphatic carbocycles. The van der Waals surface area contributed by atoms with Gasteiger partial charge in [0.1, 0.15) is 6.10 Å². The molecule has 0 aromatic carbocycles. The smallest absolute Gasteiger partial charge is 0.409 e. The minimum Gasteiger partial charge on any atom is -0.422 e. The first-order valence-corrected chi connectivity index (χ1v) is 7.06. The minimum atomic E-state index is -1.48. The normalized spacial score (nSPS) is 27.3. The molecule has 0 aromatic heterocycles. The molecule has 1 N–H and O–H groups in total. The number of hydrogen-bond donors (Lipinski definition) is 1. The summed E-state index contributed by atoms with van der Waals surface area (Å²) in [6.45, 7) is 2.18. The lowest BCUT2D eigenvalue weighted by molar-refractivity contribution is -0.130. The number of alkyl carbamates (subject to hydrolysis) is 1. The summed E-state index contributed by atoms with van der Waals surface area (Å²) in [4.78, 5) is 24.6. The van der Waals surface area contributed by atoms with Crippen molar-refractivity contribution in [2.45, 2.75) is 31.5 Å². The van der Waals surface area contributed by atoms with Gasteiger partial charge in [-0.1, -0.05) is 23.8 Å². The Morgan fingerprint density at radius 1 is 1.45 bits per heavy atom. The van der Waals surface area contributed by atoms with E-state index in [0.29, 0.717) is 25.0 Å². The van der Waals surface area contributed by atoms with E-state index in [2.05, 4.69) is 29.0 Å². The van der Waals surface area contributed by atoms with E-state index in [4.69, 9.17) is 9.47 Å². The molecule has 5 nitrogen and oxygen atoms in total. The van der Waals surface area contributed by atoms with Crippen molar-refractivity contribution in [3.8, 4) is 23.7 Å². The molecule has 1 amide bonds. The van der Waals surface area contributed by atoms with Crippen molar-refractivity contribution in [3.63, 3.8) is 0 Å². The van der Waals surface area contributed by atoms with Crippen LogP contribution in [0, 0.1) is 23.7 Å². The Balaban J connectivity index is 2.44. The summed E-state index contributed by atoms with van der Waals surface area (Å²) in [5, 5.41) is 2.52. The number of fused-ring (bicyclic) bond motifs is 2. The Morgan fingerprint density at radius 2 is 2.23 bits per heavy atom. The Labute approximate surface area is 129 Å². The molecule has 0 saturated carbocycles. The molecule has 0 unspecified atom stereocenters. The zero-order valence-corrected chi connectivity index (χ0v) is 12.6. The van der Waals surface area contributed by atoms with Crippen molar-refractivity contribution < 1.29 is 19.1 Å². The molecule has 2 aliphatic rings. The van der Waals surface area contributed by atoms with Gasteiger partial charge >= 0.3 is 6.09 Å². The first-order valence-electron chi connectivity index (χ1n) is 7.06. The van der Waals surface area contributed by atoms with Gasteiger partial charge in [-0.25, -0.2) is 4.79 Å². The highest BCUT2D eigenvalue weighted by atomic mass is 16.6. The van der Waals surface area contributed by atoms with E-state index < -0.39 is 17.8 Å². The molecule has 0 radical (unpaired) electrons. The summed E-state index contributed by atoms with van der Waals surface area (Å²) >= 11 is 0. The predicted molar refractivity (Wildman–Crippen MR) is 80.7 cm³/mol. The first kappa shape index (κ1) is 15.9. The fourth-order valence-corrected chi connectivity index (χ4v) is 2.31. The highest BCUT2D eigenvalue weighted by molar-refractivity contribution is 6.07. The minimum absolute atomic E-state index is 0.317. The number of methoxy groups -OCH3 is 1. The molecule has 0 aromatic rings. The standard InChI is InChI=1S/C17H17NO4/c1-3-18-16(20)22-17-11-7-5-4-6-10-14(21-2)13(15(17)19)9-8-12-17/h4-5,9,14H,3,8,12H2,1-2H3,(H,18,20)/b5-4-/t14-,17-/m0/s1. The van der Waals surface area contributed by atoms with E-state index >= 15 is 0 Å².